The lowest BCUT2D eigenvalue weighted by Crippen LogP contribution is -2.53. The van der Waals surface area contributed by atoms with Gasteiger partial charge in [-0.3, -0.25) is 4.79 Å². The van der Waals surface area contributed by atoms with Gasteiger partial charge in [-0.15, -0.1) is 24.8 Å². The first-order valence-corrected chi connectivity index (χ1v) is 8.16. The number of nitrogens with zero attached hydrogens (tertiary/aromatic N) is 4. The number of hydrogen-bond donors (Lipinski definition) is 1. The monoisotopic (exact) mass is 383 g/mol. The predicted octanol–water partition coefficient (Wildman–Crippen LogP) is 0.717. The minimum Gasteiger partial charge on any atom is -0.378 e. The molecule has 10 heteroatoms. The molecule has 23 heavy (non-hydrogen) atoms. The molecule has 0 bridgehead atoms. The van der Waals surface area contributed by atoms with Crippen LogP contribution in [-0.4, -0.2) is 72.1 Å². The third-order valence-electron chi connectivity index (χ3n) is 3.81. The first-order chi connectivity index (χ1) is 10.2. The number of amides is 1. The summed E-state index contributed by atoms with van der Waals surface area (Å²) in [7, 11) is 0. The van der Waals surface area contributed by atoms with E-state index in [0.29, 0.717) is 13.2 Å². The molecule has 0 aromatic carbocycles. The molecular weight excluding hydrogens is 361 g/mol. The van der Waals surface area contributed by atoms with Crippen molar-refractivity contribution in [1.82, 2.24) is 19.6 Å². The lowest BCUT2D eigenvalue weighted by molar-refractivity contribution is -0.136. The van der Waals surface area contributed by atoms with Crippen molar-refractivity contribution in [3.63, 3.8) is 0 Å². The Morgan fingerprint density at radius 1 is 1.30 bits per heavy atom. The molecule has 0 saturated carbocycles. The van der Waals surface area contributed by atoms with E-state index < -0.39 is 0 Å². The fourth-order valence-corrected chi connectivity index (χ4v) is 3.41. The van der Waals surface area contributed by atoms with Crippen LogP contribution in [0.2, 0.25) is 0 Å². The zero-order valence-corrected chi connectivity index (χ0v) is 15.5. The molecule has 1 aromatic rings. The number of anilines is 1. The van der Waals surface area contributed by atoms with Gasteiger partial charge in [-0.25, -0.2) is 4.98 Å². The summed E-state index contributed by atoms with van der Waals surface area (Å²) >= 11 is 1.43. The average molecular weight is 384 g/mol. The van der Waals surface area contributed by atoms with Gasteiger partial charge in [-0.2, -0.15) is 4.37 Å². The van der Waals surface area contributed by atoms with E-state index in [2.05, 4.69) is 19.6 Å². The Kier molecular flexibility index (Phi) is 8.49. The number of ether oxygens (including phenoxy) is 1. The molecule has 1 atom stereocenters. The van der Waals surface area contributed by atoms with E-state index in [4.69, 9.17) is 4.74 Å². The molecule has 132 valence electrons. The van der Waals surface area contributed by atoms with Crippen LogP contribution in [-0.2, 0) is 9.53 Å². The zero-order chi connectivity index (χ0) is 14.7. The van der Waals surface area contributed by atoms with Gasteiger partial charge in [0, 0.05) is 44.3 Å². The second-order valence-corrected chi connectivity index (χ2v) is 6.10. The smallest absolute Gasteiger partial charge is 0.242 e. The molecular formula is C13H23Cl2N5O2S. The summed E-state index contributed by atoms with van der Waals surface area (Å²) in [5.41, 5.74) is 0. The molecule has 3 rings (SSSR count). The summed E-state index contributed by atoms with van der Waals surface area (Å²) in [5.74, 6) is 0.973. The molecule has 3 heterocycles. The van der Waals surface area contributed by atoms with Crippen molar-refractivity contribution < 1.29 is 9.53 Å². The third kappa shape index (κ3) is 5.15. The Balaban J connectivity index is 0.00000132. The van der Waals surface area contributed by atoms with Crippen molar-refractivity contribution >= 4 is 47.4 Å². The van der Waals surface area contributed by atoms with Gasteiger partial charge in [-0.1, -0.05) is 0 Å². The summed E-state index contributed by atoms with van der Waals surface area (Å²) in [6, 6.07) is -0.186. The van der Waals surface area contributed by atoms with Crippen LogP contribution in [0.3, 0.4) is 0 Å². The lowest BCUT2D eigenvalue weighted by atomic mass is 10.2. The van der Waals surface area contributed by atoms with Gasteiger partial charge in [0.15, 0.2) is 0 Å². The van der Waals surface area contributed by atoms with E-state index in [1.54, 1.807) is 0 Å². The summed E-state index contributed by atoms with van der Waals surface area (Å²) in [6.45, 7) is 7.09. The Labute approximate surface area is 152 Å². The number of halogens is 2. The summed E-state index contributed by atoms with van der Waals surface area (Å²) < 4.78 is 9.61. The SMILES string of the molecule is Cc1nsc(N2CCCN(C(=O)C3COCCN3)CC2)n1.Cl.Cl. The third-order valence-corrected chi connectivity index (χ3v) is 4.68. The molecule has 1 aromatic heterocycles. The van der Waals surface area contributed by atoms with Crippen LogP contribution in [0.4, 0.5) is 5.13 Å². The van der Waals surface area contributed by atoms with Gasteiger partial charge in [0.05, 0.1) is 13.2 Å². The number of morpholine rings is 1. The van der Waals surface area contributed by atoms with Crippen LogP contribution in [0.5, 0.6) is 0 Å². The van der Waals surface area contributed by atoms with Crippen molar-refractivity contribution in [1.29, 1.82) is 0 Å². The predicted molar refractivity (Wildman–Crippen MR) is 95.2 cm³/mol. The molecule has 1 N–H and O–H groups in total. The molecule has 2 saturated heterocycles. The highest BCUT2D eigenvalue weighted by Crippen LogP contribution is 2.19. The van der Waals surface area contributed by atoms with Gasteiger partial charge in [-0.05, 0) is 13.3 Å². The van der Waals surface area contributed by atoms with Crippen LogP contribution in [0.15, 0.2) is 0 Å². The van der Waals surface area contributed by atoms with Crippen LogP contribution in [0.1, 0.15) is 12.2 Å². The number of nitrogens with one attached hydrogen (secondary N) is 1. The first-order valence-electron chi connectivity index (χ1n) is 7.39. The van der Waals surface area contributed by atoms with Gasteiger partial charge in [0.25, 0.3) is 0 Å². The topological polar surface area (TPSA) is 70.6 Å². The number of rotatable bonds is 2. The standard InChI is InChI=1S/C13H21N5O2S.2ClH/c1-10-15-13(21-16-10)18-5-2-4-17(6-7-18)12(19)11-9-20-8-3-14-11;;/h11,14H,2-9H2,1H3;2*1H. The average Bonchev–Trinajstić information content (AvgIpc) is 2.81. The second kappa shape index (κ2) is 9.58. The van der Waals surface area contributed by atoms with Gasteiger partial charge in [0.2, 0.25) is 11.0 Å². The molecule has 2 fully saturated rings. The first kappa shape index (κ1) is 20.4. The number of hydrogen-bond acceptors (Lipinski definition) is 7. The van der Waals surface area contributed by atoms with Crippen LogP contribution in [0, 0.1) is 6.92 Å². The quantitative estimate of drug-likeness (QED) is 0.810. The Bertz CT molecular complexity index is 498. The molecule has 1 unspecified atom stereocenters. The fraction of sp³-hybridized carbons (Fsp3) is 0.769. The van der Waals surface area contributed by atoms with Crippen LogP contribution >= 0.6 is 36.3 Å². The number of aryl methyl sites for hydroxylation is 1. The summed E-state index contributed by atoms with van der Waals surface area (Å²) in [4.78, 5) is 21.1. The maximum absolute atomic E-state index is 12.5. The van der Waals surface area contributed by atoms with Crippen LogP contribution in [0.25, 0.3) is 0 Å². The van der Waals surface area contributed by atoms with Crippen molar-refractivity contribution in [2.75, 3.05) is 50.8 Å². The maximum Gasteiger partial charge on any atom is 0.242 e. The molecule has 2 aliphatic heterocycles. The number of carbonyl (C=O) groups is 1. The molecule has 2 aliphatic rings. The highest BCUT2D eigenvalue weighted by Gasteiger charge is 2.28. The zero-order valence-electron chi connectivity index (χ0n) is 13.1. The van der Waals surface area contributed by atoms with Crippen molar-refractivity contribution in [3.05, 3.63) is 5.82 Å². The van der Waals surface area contributed by atoms with E-state index in [1.807, 2.05) is 11.8 Å². The molecule has 0 radical (unpaired) electrons. The van der Waals surface area contributed by atoms with E-state index in [0.717, 1.165) is 50.1 Å². The number of aromatic nitrogens is 2. The van der Waals surface area contributed by atoms with Crippen molar-refractivity contribution in [3.8, 4) is 0 Å². The lowest BCUT2D eigenvalue weighted by Gasteiger charge is -2.29. The largest absolute Gasteiger partial charge is 0.378 e. The van der Waals surface area contributed by atoms with E-state index in [1.165, 1.54) is 11.5 Å². The van der Waals surface area contributed by atoms with Crippen LogP contribution < -0.4 is 10.2 Å². The maximum atomic E-state index is 12.5. The van der Waals surface area contributed by atoms with E-state index >= 15 is 0 Å². The van der Waals surface area contributed by atoms with Crippen molar-refractivity contribution in [2.45, 2.75) is 19.4 Å². The molecule has 1 amide bonds. The Morgan fingerprint density at radius 2 is 2.13 bits per heavy atom. The fourth-order valence-electron chi connectivity index (χ4n) is 2.69. The van der Waals surface area contributed by atoms with E-state index in [9.17, 15) is 4.79 Å². The molecule has 7 nitrogen and oxygen atoms in total. The Hall–Kier alpha value is -0.670. The Morgan fingerprint density at radius 3 is 2.78 bits per heavy atom. The highest BCUT2D eigenvalue weighted by atomic mass is 35.5. The van der Waals surface area contributed by atoms with Gasteiger partial charge in [0.1, 0.15) is 11.9 Å². The minimum atomic E-state index is -0.186. The molecule has 0 spiro atoms. The van der Waals surface area contributed by atoms with Gasteiger partial charge >= 0.3 is 0 Å². The summed E-state index contributed by atoms with van der Waals surface area (Å²) in [6.07, 6.45) is 0.956. The minimum absolute atomic E-state index is 0. The summed E-state index contributed by atoms with van der Waals surface area (Å²) in [5, 5.41) is 4.19. The second-order valence-electron chi connectivity index (χ2n) is 5.37. The molecule has 0 aliphatic carbocycles. The highest BCUT2D eigenvalue weighted by molar-refractivity contribution is 7.09. The van der Waals surface area contributed by atoms with E-state index in [-0.39, 0.29) is 36.8 Å². The van der Waals surface area contributed by atoms with Gasteiger partial charge < -0.3 is 19.9 Å². The number of carbonyl (C=O) groups excluding carboxylic acids is 1. The normalized spacial score (nSPS) is 21.9. The van der Waals surface area contributed by atoms with Crippen molar-refractivity contribution in [2.24, 2.45) is 0 Å².